The van der Waals surface area contributed by atoms with E-state index in [1.807, 2.05) is 37.3 Å². The number of anilines is 1. The quantitative estimate of drug-likeness (QED) is 0.712. The number of halogens is 1. The van der Waals surface area contributed by atoms with Crippen molar-refractivity contribution in [3.8, 4) is 11.1 Å². The van der Waals surface area contributed by atoms with Gasteiger partial charge in [-0.1, -0.05) is 29.4 Å². The van der Waals surface area contributed by atoms with E-state index in [2.05, 4.69) is 10.5 Å². The maximum Gasteiger partial charge on any atom is 0.266 e. The molecule has 0 radical (unpaired) electrons. The number of ether oxygens (including phenoxy) is 1. The Morgan fingerprint density at radius 3 is 2.78 bits per heavy atom. The fourth-order valence-electron chi connectivity index (χ4n) is 4.26. The molecule has 2 aromatic carbocycles. The number of benzene rings is 2. The van der Waals surface area contributed by atoms with Crippen LogP contribution in [0.5, 0.6) is 0 Å². The number of carbonyl (C=O) groups is 1. The molecule has 6 heteroatoms. The van der Waals surface area contributed by atoms with Crippen LogP contribution in [0.2, 0.25) is 0 Å². The number of hydrogen-bond donors (Lipinski definition) is 1. The minimum absolute atomic E-state index is 0.173. The van der Waals surface area contributed by atoms with E-state index < -0.39 is 11.4 Å². The number of aromatic nitrogens is 1. The largest absolute Gasteiger partial charge is 0.361 e. The van der Waals surface area contributed by atoms with E-state index in [0.717, 1.165) is 16.7 Å². The lowest BCUT2D eigenvalue weighted by atomic mass is 9.81. The average molecular weight is 364 g/mol. The normalized spacial score (nSPS) is 20.5. The zero-order chi connectivity index (χ0) is 18.8. The Morgan fingerprint density at radius 2 is 2.00 bits per heavy atom. The predicted molar refractivity (Wildman–Crippen MR) is 96.9 cm³/mol. The number of amides is 1. The van der Waals surface area contributed by atoms with E-state index in [1.165, 1.54) is 6.07 Å². The van der Waals surface area contributed by atoms with Crippen molar-refractivity contribution in [2.45, 2.75) is 25.9 Å². The molecule has 1 atom stereocenters. The highest BCUT2D eigenvalue weighted by Crippen LogP contribution is 2.49. The standard InChI is InChI=1S/C21H17FN2O3/c1-11-18(12(2)27-24-11)14-9-16-19(17(22)10-14)23-20(25)21(16)15-6-4-3-5-13(15)7-8-26-21/h3-6,9-10H,7-8H2,1-2H3,(H,23,25). The highest BCUT2D eigenvalue weighted by Gasteiger charge is 2.53. The maximum absolute atomic E-state index is 15.0. The van der Waals surface area contributed by atoms with Crippen LogP contribution in [-0.2, 0) is 21.6 Å². The lowest BCUT2D eigenvalue weighted by Gasteiger charge is -2.34. The van der Waals surface area contributed by atoms with Gasteiger partial charge in [-0.2, -0.15) is 0 Å². The minimum Gasteiger partial charge on any atom is -0.361 e. The van der Waals surface area contributed by atoms with Gasteiger partial charge in [-0.3, -0.25) is 4.79 Å². The maximum atomic E-state index is 15.0. The molecule has 0 saturated carbocycles. The summed E-state index contributed by atoms with van der Waals surface area (Å²) in [7, 11) is 0. The number of carbonyl (C=O) groups excluding carboxylic acids is 1. The monoisotopic (exact) mass is 364 g/mol. The van der Waals surface area contributed by atoms with Crippen LogP contribution < -0.4 is 5.32 Å². The van der Waals surface area contributed by atoms with Crippen LogP contribution in [0, 0.1) is 19.7 Å². The lowest BCUT2D eigenvalue weighted by molar-refractivity contribution is -0.137. The summed E-state index contributed by atoms with van der Waals surface area (Å²) in [6.45, 7) is 3.98. The number of nitrogens with zero attached hydrogens (tertiary/aromatic N) is 1. The van der Waals surface area contributed by atoms with Crippen molar-refractivity contribution >= 4 is 11.6 Å². The summed E-state index contributed by atoms with van der Waals surface area (Å²) in [5, 5.41) is 6.65. The second kappa shape index (κ2) is 5.50. The van der Waals surface area contributed by atoms with Crippen molar-refractivity contribution < 1.29 is 18.4 Å². The smallest absolute Gasteiger partial charge is 0.266 e. The fraction of sp³-hybridized carbons (Fsp3) is 0.238. The van der Waals surface area contributed by atoms with Gasteiger partial charge in [0.25, 0.3) is 5.91 Å². The predicted octanol–water partition coefficient (Wildman–Crippen LogP) is 3.87. The SMILES string of the molecule is Cc1noc(C)c1-c1cc(F)c2c(c1)C1(OCCc3ccccc31)C(=O)N2. The highest BCUT2D eigenvalue weighted by atomic mass is 19.1. The Kier molecular flexibility index (Phi) is 3.30. The van der Waals surface area contributed by atoms with E-state index in [9.17, 15) is 9.18 Å². The number of nitrogens with one attached hydrogen (secondary N) is 1. The number of fused-ring (bicyclic) bond motifs is 4. The molecule has 2 aliphatic heterocycles. The minimum atomic E-state index is -1.33. The molecule has 0 bridgehead atoms. The zero-order valence-corrected chi connectivity index (χ0v) is 14.9. The molecule has 27 heavy (non-hydrogen) atoms. The lowest BCUT2D eigenvalue weighted by Crippen LogP contribution is -2.42. The van der Waals surface area contributed by atoms with Crippen LogP contribution in [0.25, 0.3) is 11.1 Å². The van der Waals surface area contributed by atoms with Crippen molar-refractivity contribution in [1.82, 2.24) is 5.16 Å². The Balaban J connectivity index is 1.80. The summed E-state index contributed by atoms with van der Waals surface area (Å²) in [6, 6.07) is 10.9. The van der Waals surface area contributed by atoms with Gasteiger partial charge in [0.1, 0.15) is 11.6 Å². The first kappa shape index (κ1) is 16.2. The van der Waals surface area contributed by atoms with Crippen LogP contribution in [0.4, 0.5) is 10.1 Å². The molecule has 2 aliphatic rings. The molecular formula is C21H17FN2O3. The first-order chi connectivity index (χ1) is 13.0. The van der Waals surface area contributed by atoms with Crippen LogP contribution >= 0.6 is 0 Å². The Hall–Kier alpha value is -2.99. The Morgan fingerprint density at radius 1 is 1.19 bits per heavy atom. The van der Waals surface area contributed by atoms with Crippen LogP contribution in [0.1, 0.15) is 28.1 Å². The molecule has 3 aromatic rings. The van der Waals surface area contributed by atoms with Crippen molar-refractivity contribution in [1.29, 1.82) is 0 Å². The second-order valence-electron chi connectivity index (χ2n) is 6.97. The molecule has 5 rings (SSSR count). The summed E-state index contributed by atoms with van der Waals surface area (Å²) in [4.78, 5) is 13.0. The first-order valence-electron chi connectivity index (χ1n) is 8.83. The number of hydrogen-bond acceptors (Lipinski definition) is 4. The molecule has 1 amide bonds. The molecule has 1 spiro atoms. The topological polar surface area (TPSA) is 64.4 Å². The first-order valence-corrected chi connectivity index (χ1v) is 8.83. The molecule has 3 heterocycles. The third-order valence-corrected chi connectivity index (χ3v) is 5.44. The van der Waals surface area contributed by atoms with Crippen LogP contribution in [0.3, 0.4) is 0 Å². The Bertz CT molecular complexity index is 1090. The molecule has 0 saturated heterocycles. The number of aryl methyl sites for hydroxylation is 2. The summed E-state index contributed by atoms with van der Waals surface area (Å²) in [6.07, 6.45) is 0.715. The molecule has 5 nitrogen and oxygen atoms in total. The van der Waals surface area contributed by atoms with Gasteiger partial charge in [0.15, 0.2) is 5.60 Å². The van der Waals surface area contributed by atoms with Gasteiger partial charge < -0.3 is 14.6 Å². The van der Waals surface area contributed by atoms with Gasteiger partial charge >= 0.3 is 0 Å². The molecule has 1 N–H and O–H groups in total. The summed E-state index contributed by atoms with van der Waals surface area (Å²) >= 11 is 0. The molecular weight excluding hydrogens is 347 g/mol. The van der Waals surface area contributed by atoms with Crippen molar-refractivity contribution in [3.05, 3.63) is 70.4 Å². The van der Waals surface area contributed by atoms with E-state index >= 15 is 0 Å². The average Bonchev–Trinajstić information content (AvgIpc) is 3.14. The third-order valence-electron chi connectivity index (χ3n) is 5.44. The van der Waals surface area contributed by atoms with E-state index in [-0.39, 0.29) is 11.6 Å². The summed E-state index contributed by atoms with van der Waals surface area (Å²) in [5.41, 5.74) is 3.16. The van der Waals surface area contributed by atoms with Crippen molar-refractivity contribution in [2.75, 3.05) is 11.9 Å². The molecule has 0 fully saturated rings. The fourth-order valence-corrected chi connectivity index (χ4v) is 4.26. The number of rotatable bonds is 1. The van der Waals surface area contributed by atoms with Gasteiger partial charge in [-0.05, 0) is 43.5 Å². The molecule has 1 aromatic heterocycles. The third kappa shape index (κ3) is 2.07. The Labute approximate surface area is 155 Å². The van der Waals surface area contributed by atoms with Crippen molar-refractivity contribution in [2.24, 2.45) is 0 Å². The van der Waals surface area contributed by atoms with Crippen molar-refractivity contribution in [3.63, 3.8) is 0 Å². The van der Waals surface area contributed by atoms with Gasteiger partial charge in [0.05, 0.1) is 18.0 Å². The van der Waals surface area contributed by atoms with E-state index in [0.29, 0.717) is 35.6 Å². The van der Waals surface area contributed by atoms with Crippen LogP contribution in [0.15, 0.2) is 40.9 Å². The molecule has 136 valence electrons. The molecule has 1 unspecified atom stereocenters. The zero-order valence-electron chi connectivity index (χ0n) is 14.9. The summed E-state index contributed by atoms with van der Waals surface area (Å²) in [5.74, 6) is -0.262. The molecule has 0 aliphatic carbocycles. The second-order valence-corrected chi connectivity index (χ2v) is 6.97. The highest BCUT2D eigenvalue weighted by molar-refractivity contribution is 6.08. The van der Waals surface area contributed by atoms with Crippen LogP contribution in [-0.4, -0.2) is 17.7 Å². The van der Waals surface area contributed by atoms with E-state index in [1.54, 1.807) is 6.92 Å². The van der Waals surface area contributed by atoms with Gasteiger partial charge in [0.2, 0.25) is 0 Å². The van der Waals surface area contributed by atoms with Gasteiger partial charge in [-0.15, -0.1) is 0 Å². The van der Waals surface area contributed by atoms with Gasteiger partial charge in [-0.25, -0.2) is 4.39 Å². The van der Waals surface area contributed by atoms with E-state index in [4.69, 9.17) is 9.26 Å². The summed E-state index contributed by atoms with van der Waals surface area (Å²) < 4.78 is 26.3. The van der Waals surface area contributed by atoms with Gasteiger partial charge in [0, 0.05) is 16.7 Å².